The number of hydrogen-bond acceptors (Lipinski definition) is 5. The quantitative estimate of drug-likeness (QED) is 0.769. The first-order valence-electron chi connectivity index (χ1n) is 7.56. The van der Waals surface area contributed by atoms with Gasteiger partial charge in [-0.3, -0.25) is 4.79 Å². The zero-order chi connectivity index (χ0) is 17.1. The number of carbonyl (C=O) groups is 1. The Bertz CT molecular complexity index is 869. The molecule has 24 heavy (non-hydrogen) atoms. The lowest BCUT2D eigenvalue weighted by Gasteiger charge is -2.08. The molecule has 0 atom stereocenters. The second kappa shape index (κ2) is 6.84. The molecule has 0 spiro atoms. The molecule has 1 amide bonds. The molecule has 3 rings (SSSR count). The summed E-state index contributed by atoms with van der Waals surface area (Å²) < 4.78 is 7.22. The normalized spacial score (nSPS) is 10.6. The van der Waals surface area contributed by atoms with Gasteiger partial charge in [-0.15, -0.1) is 21.5 Å². The van der Waals surface area contributed by atoms with Crippen molar-refractivity contribution in [2.45, 2.75) is 20.4 Å². The van der Waals surface area contributed by atoms with Gasteiger partial charge in [0.15, 0.2) is 5.82 Å². The standard InChI is InChI=1S/C17H18N4O2S/c1-4-21-10-18-20-16(21)12-6-5-7-13(9-12)19-17(22)15-14(23-3)8-11(2)24-15/h5-10H,4H2,1-3H3,(H,19,22). The van der Waals surface area contributed by atoms with E-state index in [1.54, 1.807) is 13.4 Å². The molecular weight excluding hydrogens is 324 g/mol. The van der Waals surface area contributed by atoms with Gasteiger partial charge in [-0.25, -0.2) is 0 Å². The summed E-state index contributed by atoms with van der Waals surface area (Å²) >= 11 is 1.41. The lowest BCUT2D eigenvalue weighted by molar-refractivity contribution is 0.102. The summed E-state index contributed by atoms with van der Waals surface area (Å²) in [6.07, 6.45) is 1.69. The van der Waals surface area contributed by atoms with Crippen molar-refractivity contribution in [2.75, 3.05) is 12.4 Å². The maximum atomic E-state index is 12.5. The van der Waals surface area contributed by atoms with E-state index in [0.717, 1.165) is 22.8 Å². The van der Waals surface area contributed by atoms with Gasteiger partial charge in [-0.1, -0.05) is 12.1 Å². The molecule has 3 aromatic rings. The van der Waals surface area contributed by atoms with E-state index in [-0.39, 0.29) is 5.91 Å². The van der Waals surface area contributed by atoms with E-state index >= 15 is 0 Å². The Kier molecular flexibility index (Phi) is 4.61. The molecule has 2 aromatic heterocycles. The topological polar surface area (TPSA) is 69.0 Å². The molecule has 124 valence electrons. The SMILES string of the molecule is CCn1cnnc1-c1cccc(NC(=O)c2sc(C)cc2OC)c1. The van der Waals surface area contributed by atoms with Crippen LogP contribution >= 0.6 is 11.3 Å². The Labute approximate surface area is 144 Å². The summed E-state index contributed by atoms with van der Waals surface area (Å²) in [6, 6.07) is 9.43. The second-order valence-electron chi connectivity index (χ2n) is 5.23. The van der Waals surface area contributed by atoms with E-state index in [2.05, 4.69) is 15.5 Å². The lowest BCUT2D eigenvalue weighted by atomic mass is 10.2. The van der Waals surface area contributed by atoms with E-state index in [9.17, 15) is 4.79 Å². The third kappa shape index (κ3) is 3.16. The number of rotatable bonds is 5. The van der Waals surface area contributed by atoms with Gasteiger partial charge in [-0.05, 0) is 32.0 Å². The second-order valence-corrected chi connectivity index (χ2v) is 6.49. The van der Waals surface area contributed by atoms with Crippen LogP contribution in [-0.2, 0) is 6.54 Å². The molecule has 0 radical (unpaired) electrons. The third-order valence-electron chi connectivity index (χ3n) is 3.58. The highest BCUT2D eigenvalue weighted by atomic mass is 32.1. The van der Waals surface area contributed by atoms with Crippen LogP contribution in [0.4, 0.5) is 5.69 Å². The van der Waals surface area contributed by atoms with E-state index in [1.807, 2.05) is 48.7 Å². The van der Waals surface area contributed by atoms with Gasteiger partial charge in [0.2, 0.25) is 0 Å². The smallest absolute Gasteiger partial charge is 0.269 e. The largest absolute Gasteiger partial charge is 0.495 e. The Morgan fingerprint density at radius 2 is 2.21 bits per heavy atom. The van der Waals surface area contributed by atoms with Crippen molar-refractivity contribution in [1.29, 1.82) is 0 Å². The molecule has 0 aliphatic carbocycles. The number of nitrogens with zero attached hydrogens (tertiary/aromatic N) is 3. The number of thiophene rings is 1. The van der Waals surface area contributed by atoms with Crippen LogP contribution in [0.5, 0.6) is 5.75 Å². The molecule has 1 aromatic carbocycles. The number of carbonyl (C=O) groups excluding carboxylic acids is 1. The predicted molar refractivity (Wildman–Crippen MR) is 94.7 cm³/mol. The first kappa shape index (κ1) is 16.2. The Balaban J connectivity index is 1.86. The summed E-state index contributed by atoms with van der Waals surface area (Å²) in [6.45, 7) is 4.76. The summed E-state index contributed by atoms with van der Waals surface area (Å²) in [5.41, 5.74) is 1.61. The number of aryl methyl sites for hydroxylation is 2. The molecule has 0 aliphatic rings. The van der Waals surface area contributed by atoms with Crippen LogP contribution in [0.25, 0.3) is 11.4 Å². The highest BCUT2D eigenvalue weighted by Gasteiger charge is 2.16. The van der Waals surface area contributed by atoms with Gasteiger partial charge in [0.1, 0.15) is 17.0 Å². The zero-order valence-corrected chi connectivity index (χ0v) is 14.6. The van der Waals surface area contributed by atoms with E-state index in [1.165, 1.54) is 11.3 Å². The fraction of sp³-hybridized carbons (Fsp3) is 0.235. The number of ether oxygens (including phenoxy) is 1. The molecule has 0 unspecified atom stereocenters. The van der Waals surface area contributed by atoms with Crippen molar-refractivity contribution in [2.24, 2.45) is 0 Å². The van der Waals surface area contributed by atoms with Gasteiger partial charge >= 0.3 is 0 Å². The van der Waals surface area contributed by atoms with Gasteiger partial charge in [0.25, 0.3) is 5.91 Å². The summed E-state index contributed by atoms with van der Waals surface area (Å²) in [7, 11) is 1.57. The van der Waals surface area contributed by atoms with E-state index in [4.69, 9.17) is 4.74 Å². The van der Waals surface area contributed by atoms with Crippen LogP contribution < -0.4 is 10.1 Å². The highest BCUT2D eigenvalue weighted by molar-refractivity contribution is 7.14. The highest BCUT2D eigenvalue weighted by Crippen LogP contribution is 2.30. The van der Waals surface area contributed by atoms with Crippen molar-refractivity contribution in [3.63, 3.8) is 0 Å². The van der Waals surface area contributed by atoms with Crippen LogP contribution in [0.3, 0.4) is 0 Å². The van der Waals surface area contributed by atoms with Crippen LogP contribution in [0.15, 0.2) is 36.7 Å². The number of aromatic nitrogens is 3. The van der Waals surface area contributed by atoms with Crippen molar-refractivity contribution in [3.8, 4) is 17.1 Å². The molecule has 0 saturated heterocycles. The van der Waals surface area contributed by atoms with Gasteiger partial charge < -0.3 is 14.6 Å². The number of hydrogen-bond donors (Lipinski definition) is 1. The third-order valence-corrected chi connectivity index (χ3v) is 4.61. The maximum absolute atomic E-state index is 12.5. The monoisotopic (exact) mass is 342 g/mol. The van der Waals surface area contributed by atoms with Crippen LogP contribution in [0, 0.1) is 6.92 Å². The Morgan fingerprint density at radius 3 is 2.96 bits per heavy atom. The predicted octanol–water partition coefficient (Wildman–Crippen LogP) is 3.60. The van der Waals surface area contributed by atoms with E-state index in [0.29, 0.717) is 16.3 Å². The molecular formula is C17H18N4O2S. The van der Waals surface area contributed by atoms with Crippen molar-refractivity contribution < 1.29 is 9.53 Å². The molecule has 1 N–H and O–H groups in total. The van der Waals surface area contributed by atoms with Gasteiger partial charge in [0.05, 0.1) is 7.11 Å². The van der Waals surface area contributed by atoms with Gasteiger partial charge in [-0.2, -0.15) is 0 Å². The van der Waals surface area contributed by atoms with Crippen LogP contribution in [-0.4, -0.2) is 27.8 Å². The molecule has 0 aliphatic heterocycles. The van der Waals surface area contributed by atoms with Crippen molar-refractivity contribution in [1.82, 2.24) is 14.8 Å². The average molecular weight is 342 g/mol. The first-order valence-corrected chi connectivity index (χ1v) is 8.38. The number of nitrogens with one attached hydrogen (secondary N) is 1. The first-order chi connectivity index (χ1) is 11.6. The van der Waals surface area contributed by atoms with Gasteiger partial charge in [0, 0.05) is 22.7 Å². The number of amides is 1. The van der Waals surface area contributed by atoms with Crippen molar-refractivity contribution in [3.05, 3.63) is 46.4 Å². The fourth-order valence-electron chi connectivity index (χ4n) is 2.43. The summed E-state index contributed by atoms with van der Waals surface area (Å²) in [4.78, 5) is 14.1. The van der Waals surface area contributed by atoms with Crippen LogP contribution in [0.2, 0.25) is 0 Å². The fourth-order valence-corrected chi connectivity index (χ4v) is 3.31. The Morgan fingerprint density at radius 1 is 1.38 bits per heavy atom. The maximum Gasteiger partial charge on any atom is 0.269 e. The summed E-state index contributed by atoms with van der Waals surface area (Å²) in [5.74, 6) is 1.19. The average Bonchev–Trinajstić information content (AvgIpc) is 3.20. The number of methoxy groups -OCH3 is 1. The number of anilines is 1. The minimum atomic E-state index is -0.181. The molecule has 0 fully saturated rings. The lowest BCUT2D eigenvalue weighted by Crippen LogP contribution is -2.11. The molecule has 0 saturated carbocycles. The molecule has 0 bridgehead atoms. The molecule has 6 nitrogen and oxygen atoms in total. The van der Waals surface area contributed by atoms with Crippen molar-refractivity contribution >= 4 is 22.9 Å². The molecule has 7 heteroatoms. The Hall–Kier alpha value is -2.67. The number of benzene rings is 1. The molecule has 2 heterocycles. The van der Waals surface area contributed by atoms with Crippen LogP contribution in [0.1, 0.15) is 21.5 Å². The summed E-state index contributed by atoms with van der Waals surface area (Å²) in [5, 5.41) is 11.0. The zero-order valence-electron chi connectivity index (χ0n) is 13.7. The minimum absolute atomic E-state index is 0.181. The van der Waals surface area contributed by atoms with E-state index < -0.39 is 0 Å². The minimum Gasteiger partial charge on any atom is -0.495 e.